The van der Waals surface area contributed by atoms with Crippen molar-refractivity contribution >= 4 is 6.09 Å². The molecule has 2 fully saturated rings. The molecule has 2 rings (SSSR count). The Balaban J connectivity index is 0. The molecule has 1 amide bonds. The van der Waals surface area contributed by atoms with Gasteiger partial charge in [-0.3, -0.25) is 0 Å². The summed E-state index contributed by atoms with van der Waals surface area (Å²) in [5.74, 6) is 0.716. The van der Waals surface area contributed by atoms with E-state index in [4.69, 9.17) is 9.47 Å². The maximum absolute atomic E-state index is 12.0. The van der Waals surface area contributed by atoms with Crippen molar-refractivity contribution in [3.63, 3.8) is 0 Å². The predicted molar refractivity (Wildman–Crippen MR) is 98.9 cm³/mol. The fraction of sp³-hybridized carbons (Fsp3) is 0.947. The minimum absolute atomic E-state index is 0.0748. The highest BCUT2D eigenvalue weighted by molar-refractivity contribution is 5.68. The first-order valence-corrected chi connectivity index (χ1v) is 9.42. The van der Waals surface area contributed by atoms with Crippen LogP contribution in [0.2, 0.25) is 0 Å². The van der Waals surface area contributed by atoms with Gasteiger partial charge in [0.25, 0.3) is 0 Å². The Bertz CT molecular complexity index is 299. The number of nitrogens with zero attached hydrogens (tertiary/aromatic N) is 1. The normalized spacial score (nSPS) is 25.5. The minimum atomic E-state index is -0.421. The van der Waals surface area contributed by atoms with Crippen LogP contribution < -0.4 is 0 Å². The largest absolute Gasteiger partial charge is 0.444 e. The van der Waals surface area contributed by atoms with Gasteiger partial charge in [0.2, 0.25) is 0 Å². The van der Waals surface area contributed by atoms with Crippen molar-refractivity contribution in [2.75, 3.05) is 19.7 Å². The molecule has 1 aliphatic heterocycles. The van der Waals surface area contributed by atoms with Gasteiger partial charge in [0.1, 0.15) is 5.60 Å². The van der Waals surface area contributed by atoms with Crippen LogP contribution >= 0.6 is 0 Å². The molecule has 4 nitrogen and oxygen atoms in total. The van der Waals surface area contributed by atoms with Crippen LogP contribution in [0.3, 0.4) is 0 Å². The number of hydrogen-bond donors (Lipinski definition) is 0. The van der Waals surface area contributed by atoms with E-state index < -0.39 is 5.60 Å². The van der Waals surface area contributed by atoms with Gasteiger partial charge in [-0.25, -0.2) is 4.79 Å². The van der Waals surface area contributed by atoms with E-state index in [1.165, 1.54) is 0 Å². The molecular weight excluding hydrogens is 290 g/mol. The number of rotatable bonds is 0. The Morgan fingerprint density at radius 1 is 1.09 bits per heavy atom. The summed E-state index contributed by atoms with van der Waals surface area (Å²) in [4.78, 5) is 13.8. The standard InChI is InChI=1S/C13H23NO3.3C2H6/c1-10-7-13(8-10)9-14(5-6-16-13)11(15)17-12(2,3)4;3*1-2/h10H,5-9H2,1-4H3;3*1-2H3. The third kappa shape index (κ3) is 8.59. The lowest BCUT2D eigenvalue weighted by Gasteiger charge is -2.51. The molecule has 4 heteroatoms. The van der Waals surface area contributed by atoms with Gasteiger partial charge in [-0.1, -0.05) is 48.5 Å². The molecule has 1 aliphatic carbocycles. The van der Waals surface area contributed by atoms with E-state index in [1.54, 1.807) is 4.90 Å². The molecule has 0 atom stereocenters. The number of ether oxygens (including phenoxy) is 2. The lowest BCUT2D eigenvalue weighted by Crippen LogP contribution is -2.59. The molecule has 1 saturated carbocycles. The lowest BCUT2D eigenvalue weighted by atomic mass is 9.71. The zero-order valence-electron chi connectivity index (χ0n) is 17.3. The Morgan fingerprint density at radius 3 is 1.96 bits per heavy atom. The molecule has 0 aromatic heterocycles. The van der Waals surface area contributed by atoms with E-state index >= 15 is 0 Å². The van der Waals surface area contributed by atoms with Crippen molar-refractivity contribution in [3.8, 4) is 0 Å². The lowest BCUT2D eigenvalue weighted by molar-refractivity contribution is -0.167. The number of morpholine rings is 1. The average molecular weight is 332 g/mol. The zero-order chi connectivity index (χ0) is 18.7. The molecule has 1 spiro atoms. The second-order valence-electron chi connectivity index (χ2n) is 6.45. The number of amides is 1. The third-order valence-corrected chi connectivity index (χ3v) is 3.34. The minimum Gasteiger partial charge on any atom is -0.444 e. The Morgan fingerprint density at radius 2 is 1.57 bits per heavy atom. The van der Waals surface area contributed by atoms with Crippen LogP contribution in [-0.4, -0.2) is 41.9 Å². The average Bonchev–Trinajstić information content (AvgIpc) is 2.50. The first kappa shape index (κ1) is 24.5. The first-order valence-electron chi connectivity index (χ1n) is 9.42. The quantitative estimate of drug-likeness (QED) is 0.588. The molecule has 0 radical (unpaired) electrons. The van der Waals surface area contributed by atoms with Gasteiger partial charge < -0.3 is 14.4 Å². The van der Waals surface area contributed by atoms with Gasteiger partial charge in [0.05, 0.1) is 18.8 Å². The predicted octanol–water partition coefficient (Wildman–Crippen LogP) is 5.50. The summed E-state index contributed by atoms with van der Waals surface area (Å²) in [7, 11) is 0. The van der Waals surface area contributed by atoms with Gasteiger partial charge in [-0.05, 0) is 39.5 Å². The summed E-state index contributed by atoms with van der Waals surface area (Å²) in [6, 6.07) is 0. The summed E-state index contributed by atoms with van der Waals surface area (Å²) in [6.07, 6.45) is 1.92. The molecule has 0 bridgehead atoms. The van der Waals surface area contributed by atoms with Crippen LogP contribution in [0.5, 0.6) is 0 Å². The molecular formula is C19H41NO3. The monoisotopic (exact) mass is 331 g/mol. The SMILES string of the molecule is CC.CC.CC.CC1CC2(C1)CN(C(=O)OC(C)(C)C)CCO2. The fourth-order valence-corrected chi connectivity index (χ4v) is 2.78. The number of carbonyl (C=O) groups excluding carboxylic acids is 1. The second kappa shape index (κ2) is 11.7. The zero-order valence-corrected chi connectivity index (χ0v) is 17.3. The summed E-state index contributed by atoms with van der Waals surface area (Å²) in [5, 5.41) is 0. The van der Waals surface area contributed by atoms with E-state index in [0.29, 0.717) is 25.6 Å². The molecule has 1 heterocycles. The molecule has 1 saturated heterocycles. The number of hydrogen-bond acceptors (Lipinski definition) is 3. The third-order valence-electron chi connectivity index (χ3n) is 3.34. The molecule has 0 N–H and O–H groups in total. The van der Waals surface area contributed by atoms with Crippen molar-refractivity contribution in [3.05, 3.63) is 0 Å². The molecule has 0 unspecified atom stereocenters. The summed E-state index contributed by atoms with van der Waals surface area (Å²) in [5.41, 5.74) is -0.496. The van der Waals surface area contributed by atoms with Crippen molar-refractivity contribution < 1.29 is 14.3 Å². The van der Waals surface area contributed by atoms with Crippen LogP contribution in [0.4, 0.5) is 4.79 Å². The Labute approximate surface area is 144 Å². The fourth-order valence-electron chi connectivity index (χ4n) is 2.78. The topological polar surface area (TPSA) is 38.8 Å². The Kier molecular flexibility index (Phi) is 12.5. The van der Waals surface area contributed by atoms with E-state index in [-0.39, 0.29) is 11.7 Å². The van der Waals surface area contributed by atoms with Crippen molar-refractivity contribution in [1.82, 2.24) is 4.90 Å². The maximum atomic E-state index is 12.0. The molecule has 0 aromatic carbocycles. The highest BCUT2D eigenvalue weighted by Crippen LogP contribution is 2.42. The molecule has 2 aliphatic rings. The van der Waals surface area contributed by atoms with E-state index in [9.17, 15) is 4.79 Å². The highest BCUT2D eigenvalue weighted by Gasteiger charge is 2.47. The number of carbonyl (C=O) groups is 1. The van der Waals surface area contributed by atoms with E-state index in [2.05, 4.69) is 6.92 Å². The van der Waals surface area contributed by atoms with E-state index in [1.807, 2.05) is 62.3 Å². The Hall–Kier alpha value is -0.770. The van der Waals surface area contributed by atoms with Gasteiger partial charge in [0.15, 0.2) is 0 Å². The maximum Gasteiger partial charge on any atom is 0.410 e. The molecule has 0 aromatic rings. The van der Waals surface area contributed by atoms with Crippen molar-refractivity contribution in [2.45, 2.75) is 93.3 Å². The van der Waals surface area contributed by atoms with Crippen LogP contribution in [0.1, 0.15) is 82.1 Å². The first-order chi connectivity index (χ1) is 10.8. The van der Waals surface area contributed by atoms with Crippen molar-refractivity contribution in [2.24, 2.45) is 5.92 Å². The van der Waals surface area contributed by atoms with Gasteiger partial charge in [-0.15, -0.1) is 0 Å². The van der Waals surface area contributed by atoms with Crippen molar-refractivity contribution in [1.29, 1.82) is 0 Å². The molecule has 140 valence electrons. The highest BCUT2D eigenvalue weighted by atomic mass is 16.6. The van der Waals surface area contributed by atoms with E-state index in [0.717, 1.165) is 12.8 Å². The summed E-state index contributed by atoms with van der Waals surface area (Å²) < 4.78 is 11.2. The van der Waals surface area contributed by atoms with Gasteiger partial charge in [-0.2, -0.15) is 0 Å². The van der Waals surface area contributed by atoms with Crippen LogP contribution in [-0.2, 0) is 9.47 Å². The summed E-state index contributed by atoms with van der Waals surface area (Å²) >= 11 is 0. The summed E-state index contributed by atoms with van der Waals surface area (Å²) in [6.45, 7) is 21.9. The van der Waals surface area contributed by atoms with Crippen LogP contribution in [0.25, 0.3) is 0 Å². The van der Waals surface area contributed by atoms with Crippen LogP contribution in [0.15, 0.2) is 0 Å². The second-order valence-corrected chi connectivity index (χ2v) is 6.45. The van der Waals surface area contributed by atoms with Gasteiger partial charge in [0, 0.05) is 6.54 Å². The van der Waals surface area contributed by atoms with Gasteiger partial charge >= 0.3 is 6.09 Å². The smallest absolute Gasteiger partial charge is 0.410 e. The molecule has 23 heavy (non-hydrogen) atoms. The van der Waals surface area contributed by atoms with Crippen LogP contribution in [0, 0.1) is 5.92 Å².